The van der Waals surface area contributed by atoms with Crippen molar-refractivity contribution in [3.8, 4) is 5.75 Å². The number of hydrogen-bond donors (Lipinski definition) is 1. The summed E-state index contributed by atoms with van der Waals surface area (Å²) in [6.07, 6.45) is 2.75. The minimum Gasteiger partial charge on any atom is -0.496 e. The maximum absolute atomic E-state index is 11.6. The van der Waals surface area contributed by atoms with Gasteiger partial charge in [-0.1, -0.05) is 6.07 Å². The van der Waals surface area contributed by atoms with Crippen LogP contribution in [0, 0.1) is 0 Å². The minimum atomic E-state index is 0.313. The number of carbonyl (C=O) groups excluding carboxylic acids is 1. The van der Waals surface area contributed by atoms with Gasteiger partial charge in [-0.25, -0.2) is 0 Å². The van der Waals surface area contributed by atoms with E-state index in [2.05, 4.69) is 28.4 Å². The van der Waals surface area contributed by atoms with Gasteiger partial charge in [0, 0.05) is 51.3 Å². The summed E-state index contributed by atoms with van der Waals surface area (Å²) in [6, 6.07) is 6.43. The number of methoxy groups -OCH3 is 1. The lowest BCUT2D eigenvalue weighted by molar-refractivity contribution is -0.127. The van der Waals surface area contributed by atoms with Crippen LogP contribution in [0.4, 0.5) is 0 Å². The van der Waals surface area contributed by atoms with Crippen LogP contribution in [-0.4, -0.2) is 68.8 Å². The number of nitrogens with one attached hydrogen (secondary N) is 1. The predicted molar refractivity (Wildman–Crippen MR) is 101 cm³/mol. The summed E-state index contributed by atoms with van der Waals surface area (Å²) in [4.78, 5) is 16.0. The Morgan fingerprint density at radius 2 is 2.08 bits per heavy atom. The van der Waals surface area contributed by atoms with Crippen molar-refractivity contribution in [2.24, 2.45) is 0 Å². The largest absolute Gasteiger partial charge is 0.496 e. The van der Waals surface area contributed by atoms with Crippen LogP contribution in [0.5, 0.6) is 5.75 Å². The van der Waals surface area contributed by atoms with E-state index in [4.69, 9.17) is 9.47 Å². The van der Waals surface area contributed by atoms with Crippen molar-refractivity contribution in [2.75, 3.05) is 53.0 Å². The molecule has 6 heteroatoms. The van der Waals surface area contributed by atoms with Crippen molar-refractivity contribution < 1.29 is 14.3 Å². The van der Waals surface area contributed by atoms with Gasteiger partial charge in [-0.2, -0.15) is 0 Å². The molecule has 2 aliphatic rings. The van der Waals surface area contributed by atoms with Gasteiger partial charge in [0.1, 0.15) is 5.75 Å². The van der Waals surface area contributed by atoms with Crippen molar-refractivity contribution >= 4 is 5.91 Å². The van der Waals surface area contributed by atoms with Gasteiger partial charge in [0.25, 0.3) is 0 Å². The highest BCUT2D eigenvalue weighted by atomic mass is 16.5. The Kier molecular flexibility index (Phi) is 7.29. The fourth-order valence-electron chi connectivity index (χ4n) is 3.63. The number of benzene rings is 1. The third-order valence-corrected chi connectivity index (χ3v) is 5.12. The van der Waals surface area contributed by atoms with Crippen molar-refractivity contribution in [1.29, 1.82) is 0 Å². The third-order valence-electron chi connectivity index (χ3n) is 5.12. The summed E-state index contributed by atoms with van der Waals surface area (Å²) in [5.74, 6) is 1.26. The lowest BCUT2D eigenvalue weighted by Gasteiger charge is -2.27. The van der Waals surface area contributed by atoms with E-state index in [-0.39, 0.29) is 0 Å². The molecule has 0 aromatic heterocycles. The second-order valence-corrected chi connectivity index (χ2v) is 7.05. The molecule has 0 saturated carbocycles. The van der Waals surface area contributed by atoms with Gasteiger partial charge in [0.05, 0.1) is 20.3 Å². The molecule has 2 heterocycles. The number of amides is 1. The van der Waals surface area contributed by atoms with Gasteiger partial charge >= 0.3 is 0 Å². The molecule has 0 aliphatic carbocycles. The van der Waals surface area contributed by atoms with Crippen molar-refractivity contribution in [3.05, 3.63) is 29.3 Å². The van der Waals surface area contributed by atoms with Gasteiger partial charge in [0.2, 0.25) is 5.91 Å². The molecule has 2 saturated heterocycles. The molecule has 6 nitrogen and oxygen atoms in total. The maximum atomic E-state index is 11.6. The fourth-order valence-corrected chi connectivity index (χ4v) is 3.63. The average Bonchev–Trinajstić information content (AvgIpc) is 3.07. The maximum Gasteiger partial charge on any atom is 0.222 e. The number of morpholine rings is 1. The first-order valence-corrected chi connectivity index (χ1v) is 9.70. The molecule has 2 fully saturated rings. The van der Waals surface area contributed by atoms with E-state index in [1.165, 1.54) is 11.1 Å². The monoisotopic (exact) mass is 361 g/mol. The summed E-state index contributed by atoms with van der Waals surface area (Å²) in [6.45, 7) is 8.03. The molecular weight excluding hydrogens is 330 g/mol. The van der Waals surface area contributed by atoms with Crippen LogP contribution in [0.25, 0.3) is 0 Å². The summed E-state index contributed by atoms with van der Waals surface area (Å²) in [5, 5.41) is 3.50. The lowest BCUT2D eigenvalue weighted by atomic mass is 10.1. The van der Waals surface area contributed by atoms with Crippen molar-refractivity contribution in [2.45, 2.75) is 32.4 Å². The first-order chi connectivity index (χ1) is 12.8. The molecule has 3 rings (SSSR count). The van der Waals surface area contributed by atoms with Gasteiger partial charge in [0.15, 0.2) is 0 Å². The Bertz CT molecular complexity index is 588. The van der Waals surface area contributed by atoms with Crippen LogP contribution in [0.2, 0.25) is 0 Å². The molecule has 2 aliphatic heterocycles. The molecule has 144 valence electrons. The SMILES string of the molecule is COc1ccc(CNCCCN2CCCC2=O)cc1CN1CCOCC1. The second kappa shape index (κ2) is 9.90. The highest BCUT2D eigenvalue weighted by Gasteiger charge is 2.19. The normalized spacial score (nSPS) is 18.5. The molecule has 1 aromatic rings. The van der Waals surface area contributed by atoms with E-state index >= 15 is 0 Å². The quantitative estimate of drug-likeness (QED) is 0.678. The standard InChI is InChI=1S/C20H31N3O3/c1-25-19-6-5-17(14-18(19)16-22-10-12-26-13-11-22)15-21-7-3-9-23-8-2-4-20(23)24/h5-6,14,21H,2-4,7-13,15-16H2,1H3. The van der Waals surface area contributed by atoms with Crippen molar-refractivity contribution in [3.63, 3.8) is 0 Å². The zero-order valence-electron chi connectivity index (χ0n) is 15.8. The van der Waals surface area contributed by atoms with E-state index < -0.39 is 0 Å². The topological polar surface area (TPSA) is 54.0 Å². The highest BCUT2D eigenvalue weighted by Crippen LogP contribution is 2.22. The Hall–Kier alpha value is -1.63. The summed E-state index contributed by atoms with van der Waals surface area (Å²) < 4.78 is 11.0. The first kappa shape index (κ1) is 19.1. The zero-order chi connectivity index (χ0) is 18.2. The number of rotatable bonds is 9. The summed E-state index contributed by atoms with van der Waals surface area (Å²) in [7, 11) is 1.73. The van der Waals surface area contributed by atoms with E-state index in [1.807, 2.05) is 4.90 Å². The molecule has 1 N–H and O–H groups in total. The molecule has 26 heavy (non-hydrogen) atoms. The van der Waals surface area contributed by atoms with Crippen LogP contribution < -0.4 is 10.1 Å². The molecular formula is C20H31N3O3. The van der Waals surface area contributed by atoms with E-state index in [0.29, 0.717) is 5.91 Å². The Morgan fingerprint density at radius 1 is 1.23 bits per heavy atom. The van der Waals surface area contributed by atoms with Crippen LogP contribution in [0.15, 0.2) is 18.2 Å². The van der Waals surface area contributed by atoms with Crippen LogP contribution in [-0.2, 0) is 22.6 Å². The molecule has 0 bridgehead atoms. The number of ether oxygens (including phenoxy) is 2. The Morgan fingerprint density at radius 3 is 2.81 bits per heavy atom. The lowest BCUT2D eigenvalue weighted by Crippen LogP contribution is -2.35. The smallest absolute Gasteiger partial charge is 0.222 e. The van der Waals surface area contributed by atoms with Crippen molar-refractivity contribution in [1.82, 2.24) is 15.1 Å². The minimum absolute atomic E-state index is 0.313. The number of hydrogen-bond acceptors (Lipinski definition) is 5. The number of nitrogens with zero attached hydrogens (tertiary/aromatic N) is 2. The van der Waals surface area contributed by atoms with Gasteiger partial charge in [-0.3, -0.25) is 9.69 Å². The van der Waals surface area contributed by atoms with E-state index in [0.717, 1.165) is 84.0 Å². The molecule has 1 aromatic carbocycles. The summed E-state index contributed by atoms with van der Waals surface area (Å²) >= 11 is 0. The van der Waals surface area contributed by atoms with Crippen LogP contribution in [0.3, 0.4) is 0 Å². The predicted octanol–water partition coefficient (Wildman–Crippen LogP) is 1.63. The van der Waals surface area contributed by atoms with E-state index in [9.17, 15) is 4.79 Å². The number of carbonyl (C=O) groups is 1. The molecule has 0 spiro atoms. The van der Waals surface area contributed by atoms with E-state index in [1.54, 1.807) is 7.11 Å². The molecule has 1 amide bonds. The highest BCUT2D eigenvalue weighted by molar-refractivity contribution is 5.77. The fraction of sp³-hybridized carbons (Fsp3) is 0.650. The Labute approximate surface area is 156 Å². The molecule has 0 unspecified atom stereocenters. The zero-order valence-corrected chi connectivity index (χ0v) is 15.8. The average molecular weight is 361 g/mol. The van der Waals surface area contributed by atoms with Gasteiger partial charge in [-0.05, 0) is 37.1 Å². The molecule has 0 radical (unpaired) electrons. The van der Waals surface area contributed by atoms with Gasteiger partial charge in [-0.15, -0.1) is 0 Å². The number of likely N-dealkylation sites (tertiary alicyclic amines) is 1. The van der Waals surface area contributed by atoms with Gasteiger partial charge < -0.3 is 19.7 Å². The van der Waals surface area contributed by atoms with Crippen LogP contribution >= 0.6 is 0 Å². The Balaban J connectivity index is 1.45. The first-order valence-electron chi connectivity index (χ1n) is 9.70. The van der Waals surface area contributed by atoms with Crippen LogP contribution in [0.1, 0.15) is 30.4 Å². The third kappa shape index (κ3) is 5.43. The molecule has 0 atom stereocenters. The summed E-state index contributed by atoms with van der Waals surface area (Å²) in [5.41, 5.74) is 2.50. The second-order valence-electron chi connectivity index (χ2n) is 7.05.